The minimum absolute atomic E-state index is 0.176. The first-order valence-corrected chi connectivity index (χ1v) is 8.52. The van der Waals surface area contributed by atoms with Crippen LogP contribution < -0.4 is 10.2 Å². The standard InChI is InChI=1S/C19H19ClN4O/c1-14-6-7-16(20)12-18(14)23-8-10-24(11-9-23)19(25)22-17-5-3-2-4-15(17)13-21/h2-7,12H,8-11H2,1H3,(H,22,25). The van der Waals surface area contributed by atoms with Gasteiger partial charge in [-0.2, -0.15) is 5.26 Å². The third kappa shape index (κ3) is 3.86. The van der Waals surface area contributed by atoms with Crippen LogP contribution in [0, 0.1) is 18.3 Å². The van der Waals surface area contributed by atoms with Gasteiger partial charge in [-0.15, -0.1) is 0 Å². The highest BCUT2D eigenvalue weighted by Crippen LogP contribution is 2.25. The van der Waals surface area contributed by atoms with E-state index in [0.717, 1.165) is 18.8 Å². The fourth-order valence-corrected chi connectivity index (χ4v) is 3.12. The van der Waals surface area contributed by atoms with Crippen molar-refractivity contribution in [3.05, 3.63) is 58.6 Å². The molecule has 0 bridgehead atoms. The molecule has 1 N–H and O–H groups in total. The van der Waals surface area contributed by atoms with Gasteiger partial charge in [-0.05, 0) is 36.8 Å². The van der Waals surface area contributed by atoms with E-state index in [-0.39, 0.29) is 6.03 Å². The van der Waals surface area contributed by atoms with Crippen molar-refractivity contribution in [2.75, 3.05) is 36.4 Å². The summed E-state index contributed by atoms with van der Waals surface area (Å²) in [6, 6.07) is 14.8. The number of para-hydroxylation sites is 1. The normalized spacial score (nSPS) is 14.1. The monoisotopic (exact) mass is 354 g/mol. The Morgan fingerprint density at radius 3 is 2.60 bits per heavy atom. The predicted molar refractivity (Wildman–Crippen MR) is 100 cm³/mol. The zero-order valence-electron chi connectivity index (χ0n) is 14.0. The molecule has 2 aromatic rings. The third-order valence-electron chi connectivity index (χ3n) is 4.37. The van der Waals surface area contributed by atoms with Crippen LogP contribution in [-0.4, -0.2) is 37.1 Å². The summed E-state index contributed by atoms with van der Waals surface area (Å²) in [5, 5.41) is 12.7. The van der Waals surface area contributed by atoms with Crippen molar-refractivity contribution >= 4 is 29.0 Å². The number of rotatable bonds is 2. The lowest BCUT2D eigenvalue weighted by atomic mass is 10.1. The van der Waals surface area contributed by atoms with Crippen LogP contribution in [0.2, 0.25) is 5.02 Å². The quantitative estimate of drug-likeness (QED) is 0.890. The fraction of sp³-hybridized carbons (Fsp3) is 0.263. The van der Waals surface area contributed by atoms with Crippen molar-refractivity contribution < 1.29 is 4.79 Å². The molecule has 0 radical (unpaired) electrons. The number of piperazine rings is 1. The Kier molecular flexibility index (Phi) is 5.11. The molecule has 0 aliphatic carbocycles. The maximum Gasteiger partial charge on any atom is 0.322 e. The molecule has 0 saturated carbocycles. The van der Waals surface area contributed by atoms with Gasteiger partial charge in [-0.25, -0.2) is 4.79 Å². The molecule has 25 heavy (non-hydrogen) atoms. The lowest BCUT2D eigenvalue weighted by molar-refractivity contribution is 0.208. The van der Waals surface area contributed by atoms with Crippen LogP contribution in [0.3, 0.4) is 0 Å². The van der Waals surface area contributed by atoms with Crippen LogP contribution >= 0.6 is 11.6 Å². The number of anilines is 2. The Morgan fingerprint density at radius 2 is 1.88 bits per heavy atom. The average Bonchev–Trinajstić information content (AvgIpc) is 2.64. The minimum atomic E-state index is -0.176. The largest absolute Gasteiger partial charge is 0.368 e. The first-order chi connectivity index (χ1) is 12.1. The van der Waals surface area contributed by atoms with Crippen LogP contribution in [0.1, 0.15) is 11.1 Å². The summed E-state index contributed by atoms with van der Waals surface area (Å²) in [6.07, 6.45) is 0. The summed E-state index contributed by atoms with van der Waals surface area (Å²) in [6.45, 7) is 4.78. The Hall–Kier alpha value is -2.71. The van der Waals surface area contributed by atoms with Crippen LogP contribution in [0.4, 0.5) is 16.2 Å². The van der Waals surface area contributed by atoms with E-state index in [9.17, 15) is 4.79 Å². The van der Waals surface area contributed by atoms with Crippen molar-refractivity contribution in [1.82, 2.24) is 4.90 Å². The summed E-state index contributed by atoms with van der Waals surface area (Å²) in [5.74, 6) is 0. The highest BCUT2D eigenvalue weighted by Gasteiger charge is 2.22. The average molecular weight is 355 g/mol. The molecule has 0 aromatic heterocycles. The topological polar surface area (TPSA) is 59.4 Å². The highest BCUT2D eigenvalue weighted by atomic mass is 35.5. The van der Waals surface area contributed by atoms with Gasteiger partial charge in [0, 0.05) is 36.9 Å². The molecule has 1 saturated heterocycles. The molecule has 0 atom stereocenters. The van der Waals surface area contributed by atoms with Crippen molar-refractivity contribution in [3.8, 4) is 6.07 Å². The lowest BCUT2D eigenvalue weighted by Gasteiger charge is -2.36. The van der Waals surface area contributed by atoms with Crippen molar-refractivity contribution in [2.45, 2.75) is 6.92 Å². The van der Waals surface area contributed by atoms with E-state index >= 15 is 0 Å². The smallest absolute Gasteiger partial charge is 0.322 e. The number of aryl methyl sites for hydroxylation is 1. The molecule has 1 aliphatic rings. The number of hydrogen-bond acceptors (Lipinski definition) is 3. The van der Waals surface area contributed by atoms with Crippen molar-refractivity contribution in [3.63, 3.8) is 0 Å². The molecular weight excluding hydrogens is 336 g/mol. The lowest BCUT2D eigenvalue weighted by Crippen LogP contribution is -2.50. The van der Waals surface area contributed by atoms with Crippen LogP contribution in [0.25, 0.3) is 0 Å². The van der Waals surface area contributed by atoms with Crippen LogP contribution in [0.15, 0.2) is 42.5 Å². The SMILES string of the molecule is Cc1ccc(Cl)cc1N1CCN(C(=O)Nc2ccccc2C#N)CC1. The second kappa shape index (κ2) is 7.45. The Bertz CT molecular complexity index is 822. The summed E-state index contributed by atoms with van der Waals surface area (Å²) in [5.41, 5.74) is 3.29. The molecule has 128 valence electrons. The Balaban J connectivity index is 1.63. The number of nitriles is 1. The van der Waals surface area contributed by atoms with E-state index in [2.05, 4.69) is 23.2 Å². The number of benzene rings is 2. The Labute approximate surface area is 152 Å². The minimum Gasteiger partial charge on any atom is -0.368 e. The number of carbonyl (C=O) groups is 1. The number of amides is 2. The molecular formula is C19H19ClN4O. The van der Waals surface area contributed by atoms with E-state index in [1.165, 1.54) is 5.56 Å². The second-order valence-corrected chi connectivity index (χ2v) is 6.43. The van der Waals surface area contributed by atoms with Gasteiger partial charge in [-0.3, -0.25) is 0 Å². The highest BCUT2D eigenvalue weighted by molar-refractivity contribution is 6.30. The molecule has 6 heteroatoms. The summed E-state index contributed by atoms with van der Waals surface area (Å²) < 4.78 is 0. The van der Waals surface area contributed by atoms with Gasteiger partial charge < -0.3 is 15.1 Å². The summed E-state index contributed by atoms with van der Waals surface area (Å²) >= 11 is 6.11. The van der Waals surface area contributed by atoms with E-state index in [1.54, 1.807) is 29.2 Å². The maximum atomic E-state index is 12.5. The second-order valence-electron chi connectivity index (χ2n) is 5.99. The van der Waals surface area contributed by atoms with E-state index < -0.39 is 0 Å². The van der Waals surface area contributed by atoms with E-state index in [0.29, 0.717) is 29.4 Å². The molecule has 2 aromatic carbocycles. The van der Waals surface area contributed by atoms with Gasteiger partial charge in [0.2, 0.25) is 0 Å². The van der Waals surface area contributed by atoms with Gasteiger partial charge in [0.1, 0.15) is 6.07 Å². The predicted octanol–water partition coefficient (Wildman–Crippen LogP) is 3.87. The summed E-state index contributed by atoms with van der Waals surface area (Å²) in [4.78, 5) is 16.5. The maximum absolute atomic E-state index is 12.5. The first-order valence-electron chi connectivity index (χ1n) is 8.14. The van der Waals surface area contributed by atoms with Crippen molar-refractivity contribution in [1.29, 1.82) is 5.26 Å². The number of nitrogens with one attached hydrogen (secondary N) is 1. The number of urea groups is 1. The van der Waals surface area contributed by atoms with E-state index in [4.69, 9.17) is 16.9 Å². The molecule has 1 heterocycles. The number of nitrogens with zero attached hydrogens (tertiary/aromatic N) is 3. The number of hydrogen-bond donors (Lipinski definition) is 1. The molecule has 2 amide bonds. The first kappa shape index (κ1) is 17.1. The van der Waals surface area contributed by atoms with Crippen LogP contribution in [-0.2, 0) is 0 Å². The molecule has 0 unspecified atom stereocenters. The fourth-order valence-electron chi connectivity index (χ4n) is 2.96. The molecule has 1 fully saturated rings. The van der Waals surface area contributed by atoms with Crippen LogP contribution in [0.5, 0.6) is 0 Å². The Morgan fingerprint density at radius 1 is 1.16 bits per heavy atom. The molecule has 1 aliphatic heterocycles. The van der Waals surface area contributed by atoms with Gasteiger partial charge in [0.05, 0.1) is 11.3 Å². The zero-order chi connectivity index (χ0) is 17.8. The van der Waals surface area contributed by atoms with Gasteiger partial charge in [-0.1, -0.05) is 29.8 Å². The molecule has 0 spiro atoms. The number of carbonyl (C=O) groups excluding carboxylic acids is 1. The van der Waals surface area contributed by atoms with Gasteiger partial charge >= 0.3 is 6.03 Å². The van der Waals surface area contributed by atoms with Gasteiger partial charge in [0.25, 0.3) is 0 Å². The summed E-state index contributed by atoms with van der Waals surface area (Å²) in [7, 11) is 0. The number of halogens is 1. The molecule has 5 nitrogen and oxygen atoms in total. The van der Waals surface area contributed by atoms with Crippen molar-refractivity contribution in [2.24, 2.45) is 0 Å². The molecule has 3 rings (SSSR count). The third-order valence-corrected chi connectivity index (χ3v) is 4.60. The zero-order valence-corrected chi connectivity index (χ0v) is 14.8. The van der Waals surface area contributed by atoms with E-state index in [1.807, 2.05) is 18.2 Å². The van der Waals surface area contributed by atoms with Gasteiger partial charge in [0.15, 0.2) is 0 Å².